The second-order valence-corrected chi connectivity index (χ2v) is 7.83. The van der Waals surface area contributed by atoms with Gasteiger partial charge in [0.1, 0.15) is 5.76 Å². The average molecular weight is 373 g/mol. The minimum Gasteiger partial charge on any atom is -0.511 e. The number of halogens is 2. The number of hydrogen-bond acceptors (Lipinski definition) is 2. The van der Waals surface area contributed by atoms with Crippen LogP contribution in [0.4, 0.5) is 0 Å². The molecule has 2 aliphatic rings. The van der Waals surface area contributed by atoms with E-state index in [4.69, 9.17) is 23.2 Å². The lowest BCUT2D eigenvalue weighted by Gasteiger charge is -2.23. The van der Waals surface area contributed by atoms with Crippen molar-refractivity contribution in [1.29, 1.82) is 0 Å². The second kappa shape index (κ2) is 6.19. The summed E-state index contributed by atoms with van der Waals surface area (Å²) < 4.78 is 0. The van der Waals surface area contributed by atoms with Gasteiger partial charge in [0.25, 0.3) is 0 Å². The zero-order chi connectivity index (χ0) is 17.7. The number of carbonyl (C=O) groups excluding carboxylic acids is 1. The topological polar surface area (TPSA) is 37.3 Å². The van der Waals surface area contributed by atoms with Crippen molar-refractivity contribution in [3.05, 3.63) is 63.3 Å². The fourth-order valence-electron chi connectivity index (χ4n) is 4.11. The summed E-state index contributed by atoms with van der Waals surface area (Å²) in [7, 11) is 0. The normalized spacial score (nSPS) is 22.6. The molecule has 0 amide bonds. The quantitative estimate of drug-likeness (QED) is 0.677. The Morgan fingerprint density at radius 3 is 2.52 bits per heavy atom. The Kier molecular flexibility index (Phi) is 4.13. The van der Waals surface area contributed by atoms with E-state index in [0.29, 0.717) is 21.2 Å². The number of aliphatic hydroxyl groups is 1. The Bertz CT molecular complexity index is 914. The standard InChI is InChI=1S/C21H18Cl2O2/c1-11-8-15(22)5-6-16(11)12-4-7-18(23)17(10-12)19-20(24)13-2-3-14(9-13)21(19)25/h4-8,10,13-14,24H,2-3,9H2,1H3/t13-,14+/m0/s1. The van der Waals surface area contributed by atoms with Crippen molar-refractivity contribution in [1.82, 2.24) is 0 Å². The summed E-state index contributed by atoms with van der Waals surface area (Å²) in [5.74, 6) is 0.353. The molecule has 0 radical (unpaired) electrons. The molecule has 0 saturated heterocycles. The molecule has 2 atom stereocenters. The predicted molar refractivity (Wildman–Crippen MR) is 102 cm³/mol. The summed E-state index contributed by atoms with van der Waals surface area (Å²) in [4.78, 5) is 12.8. The Balaban J connectivity index is 1.86. The van der Waals surface area contributed by atoms with Crippen LogP contribution in [0.1, 0.15) is 30.4 Å². The molecule has 1 fully saturated rings. The fourth-order valence-corrected chi connectivity index (χ4v) is 4.55. The summed E-state index contributed by atoms with van der Waals surface area (Å²) in [5, 5.41) is 11.8. The third-order valence-corrected chi connectivity index (χ3v) is 5.99. The number of carbonyl (C=O) groups is 1. The summed E-state index contributed by atoms with van der Waals surface area (Å²) >= 11 is 12.5. The first-order chi connectivity index (χ1) is 12.0. The molecule has 0 aliphatic heterocycles. The number of benzene rings is 2. The van der Waals surface area contributed by atoms with Crippen LogP contribution in [-0.2, 0) is 4.79 Å². The van der Waals surface area contributed by atoms with Crippen LogP contribution in [0, 0.1) is 18.8 Å². The molecule has 2 bridgehead atoms. The highest BCUT2D eigenvalue weighted by atomic mass is 35.5. The largest absolute Gasteiger partial charge is 0.511 e. The maximum Gasteiger partial charge on any atom is 0.170 e. The van der Waals surface area contributed by atoms with E-state index in [1.54, 1.807) is 6.07 Å². The molecular formula is C21H18Cl2O2. The van der Waals surface area contributed by atoms with Gasteiger partial charge in [-0.15, -0.1) is 0 Å². The van der Waals surface area contributed by atoms with Crippen LogP contribution in [0.25, 0.3) is 16.7 Å². The number of allylic oxidation sites excluding steroid dienone is 2. The van der Waals surface area contributed by atoms with Crippen LogP contribution in [0.5, 0.6) is 0 Å². The molecule has 25 heavy (non-hydrogen) atoms. The molecule has 1 N–H and O–H groups in total. The molecule has 0 heterocycles. The van der Waals surface area contributed by atoms with E-state index in [1.807, 2.05) is 37.3 Å². The molecular weight excluding hydrogens is 355 g/mol. The maximum atomic E-state index is 12.8. The minimum atomic E-state index is 0.0212. The van der Waals surface area contributed by atoms with Crippen molar-refractivity contribution in [2.75, 3.05) is 0 Å². The van der Waals surface area contributed by atoms with Gasteiger partial charge in [-0.25, -0.2) is 0 Å². The first-order valence-electron chi connectivity index (χ1n) is 8.49. The van der Waals surface area contributed by atoms with Gasteiger partial charge in [0.05, 0.1) is 5.57 Å². The lowest BCUT2D eigenvalue weighted by atomic mass is 9.82. The van der Waals surface area contributed by atoms with E-state index in [1.165, 1.54) is 0 Å². The summed E-state index contributed by atoms with van der Waals surface area (Å²) in [5.41, 5.74) is 4.09. The zero-order valence-electron chi connectivity index (χ0n) is 13.9. The lowest BCUT2D eigenvalue weighted by molar-refractivity contribution is -0.117. The van der Waals surface area contributed by atoms with Crippen molar-refractivity contribution in [2.24, 2.45) is 11.8 Å². The average Bonchev–Trinajstić information content (AvgIpc) is 3.02. The summed E-state index contributed by atoms with van der Waals surface area (Å²) in [6.07, 6.45) is 2.49. The van der Waals surface area contributed by atoms with Crippen molar-refractivity contribution < 1.29 is 9.90 Å². The van der Waals surface area contributed by atoms with Gasteiger partial charge in [0.2, 0.25) is 0 Å². The third kappa shape index (κ3) is 2.78. The molecule has 2 aromatic carbocycles. The van der Waals surface area contributed by atoms with Crippen molar-refractivity contribution in [2.45, 2.75) is 26.2 Å². The number of ketones is 1. The van der Waals surface area contributed by atoms with Crippen LogP contribution in [0.15, 0.2) is 42.2 Å². The van der Waals surface area contributed by atoms with Crippen molar-refractivity contribution in [3.63, 3.8) is 0 Å². The molecule has 128 valence electrons. The van der Waals surface area contributed by atoms with Crippen LogP contribution in [0.3, 0.4) is 0 Å². The third-order valence-electron chi connectivity index (χ3n) is 5.43. The fraction of sp³-hybridized carbons (Fsp3) is 0.286. The lowest BCUT2D eigenvalue weighted by Crippen LogP contribution is -2.21. The number of aliphatic hydroxyl groups excluding tert-OH is 1. The Morgan fingerprint density at radius 1 is 1.00 bits per heavy atom. The van der Waals surface area contributed by atoms with E-state index in [0.717, 1.165) is 36.0 Å². The summed E-state index contributed by atoms with van der Waals surface area (Å²) in [6.45, 7) is 2.00. The minimum absolute atomic E-state index is 0.0212. The molecule has 0 unspecified atom stereocenters. The van der Waals surface area contributed by atoms with Crippen LogP contribution >= 0.6 is 23.2 Å². The second-order valence-electron chi connectivity index (χ2n) is 6.99. The maximum absolute atomic E-state index is 12.8. The van der Waals surface area contributed by atoms with Gasteiger partial charge in [0, 0.05) is 27.4 Å². The molecule has 2 aromatic rings. The van der Waals surface area contributed by atoms with Gasteiger partial charge in [-0.1, -0.05) is 35.3 Å². The molecule has 0 spiro atoms. The Morgan fingerprint density at radius 2 is 1.76 bits per heavy atom. The van der Waals surface area contributed by atoms with E-state index >= 15 is 0 Å². The van der Waals surface area contributed by atoms with Crippen LogP contribution < -0.4 is 0 Å². The van der Waals surface area contributed by atoms with Crippen LogP contribution in [-0.4, -0.2) is 10.9 Å². The van der Waals surface area contributed by atoms with Gasteiger partial charge >= 0.3 is 0 Å². The summed E-state index contributed by atoms with van der Waals surface area (Å²) in [6, 6.07) is 11.4. The molecule has 4 heteroatoms. The van der Waals surface area contributed by atoms with Crippen molar-refractivity contribution in [3.8, 4) is 11.1 Å². The SMILES string of the molecule is Cc1cc(Cl)ccc1-c1ccc(Cl)c(C2=C(O)[C@H]3CC[C@H](C3)C2=O)c1. The molecule has 0 aromatic heterocycles. The molecule has 1 saturated carbocycles. The zero-order valence-corrected chi connectivity index (χ0v) is 15.4. The highest BCUT2D eigenvalue weighted by Crippen LogP contribution is 2.46. The number of hydrogen-bond donors (Lipinski definition) is 1. The monoisotopic (exact) mass is 372 g/mol. The number of rotatable bonds is 2. The van der Waals surface area contributed by atoms with Crippen molar-refractivity contribution >= 4 is 34.6 Å². The van der Waals surface area contributed by atoms with E-state index in [2.05, 4.69) is 0 Å². The Labute approximate surface area is 157 Å². The smallest absolute Gasteiger partial charge is 0.170 e. The Hall–Kier alpha value is -1.77. The molecule has 2 aliphatic carbocycles. The first-order valence-corrected chi connectivity index (χ1v) is 9.25. The van der Waals surface area contributed by atoms with Gasteiger partial charge in [0.15, 0.2) is 5.78 Å². The highest BCUT2D eigenvalue weighted by molar-refractivity contribution is 6.35. The number of aryl methyl sites for hydroxylation is 1. The van der Waals surface area contributed by atoms with E-state index < -0.39 is 0 Å². The van der Waals surface area contributed by atoms with Gasteiger partial charge in [-0.05, 0) is 67.1 Å². The van der Waals surface area contributed by atoms with Gasteiger partial charge < -0.3 is 5.11 Å². The number of Topliss-reactive ketones (excluding diaryl/α,β-unsaturated/α-hetero) is 1. The van der Waals surface area contributed by atoms with Gasteiger partial charge in [-0.3, -0.25) is 4.79 Å². The highest BCUT2D eigenvalue weighted by Gasteiger charge is 2.41. The van der Waals surface area contributed by atoms with Gasteiger partial charge in [-0.2, -0.15) is 0 Å². The predicted octanol–water partition coefficient (Wildman–Crippen LogP) is 6.24. The molecule has 2 nitrogen and oxygen atoms in total. The van der Waals surface area contributed by atoms with E-state index in [9.17, 15) is 9.90 Å². The van der Waals surface area contributed by atoms with E-state index in [-0.39, 0.29) is 23.4 Å². The first kappa shape index (κ1) is 16.7. The number of fused-ring (bicyclic) bond motifs is 2. The van der Waals surface area contributed by atoms with Crippen LogP contribution in [0.2, 0.25) is 10.0 Å². The molecule has 4 rings (SSSR count).